The maximum atomic E-state index is 11.3. The van der Waals surface area contributed by atoms with Crippen molar-refractivity contribution in [3.63, 3.8) is 0 Å². The molecule has 0 aliphatic heterocycles. The van der Waals surface area contributed by atoms with Gasteiger partial charge in [0, 0.05) is 37.2 Å². The molecule has 9 aromatic heterocycles. The Labute approximate surface area is 287 Å². The lowest BCUT2D eigenvalue weighted by atomic mass is 9.99. The van der Waals surface area contributed by atoms with Gasteiger partial charge in [0.25, 0.3) is 0 Å². The molecule has 10 aromatic rings. The monoisotopic (exact) mass is 654 g/mol. The van der Waals surface area contributed by atoms with Crippen molar-refractivity contribution in [2.45, 2.75) is 0 Å². The molecule has 0 unspecified atom stereocenters. The van der Waals surface area contributed by atoms with Crippen molar-refractivity contribution in [1.82, 2.24) is 43.6 Å². The maximum absolute atomic E-state index is 11.3. The first-order valence-corrected chi connectivity index (χ1v) is 15.8. The standard InChI is InChI=1S/C39H18N12/c1-42-36-38(50-26-10-4-16-45-32(26)33-27(50)11-5-17-46-33)22(20-40)37(49-24-8-2-14-43-30(24)31-25(49)9-3-15-44-31)23(21-41)39(36)51-28-12-6-18-47-34(28)35-29(51)13-7-19-48-35/h2-19H. The zero-order chi connectivity index (χ0) is 34.2. The van der Waals surface area contributed by atoms with Crippen molar-refractivity contribution in [2.24, 2.45) is 0 Å². The molecule has 0 aliphatic carbocycles. The van der Waals surface area contributed by atoms with Crippen LogP contribution in [0.2, 0.25) is 0 Å². The number of hydrogen-bond acceptors (Lipinski definition) is 8. The lowest BCUT2D eigenvalue weighted by molar-refractivity contribution is 1.08. The molecular weight excluding hydrogens is 637 g/mol. The Kier molecular flexibility index (Phi) is 5.77. The van der Waals surface area contributed by atoms with Gasteiger partial charge in [-0.15, -0.1) is 0 Å². The van der Waals surface area contributed by atoms with Crippen LogP contribution < -0.4 is 0 Å². The molecule has 234 valence electrons. The minimum absolute atomic E-state index is 0.0851. The van der Waals surface area contributed by atoms with E-state index < -0.39 is 0 Å². The molecule has 0 N–H and O–H groups in total. The van der Waals surface area contributed by atoms with E-state index in [1.807, 2.05) is 50.1 Å². The highest BCUT2D eigenvalue weighted by atomic mass is 15.1. The predicted molar refractivity (Wildman–Crippen MR) is 192 cm³/mol. The van der Waals surface area contributed by atoms with E-state index in [4.69, 9.17) is 6.57 Å². The largest absolute Gasteiger partial charge is 0.315 e. The van der Waals surface area contributed by atoms with Crippen LogP contribution in [0.25, 0.3) is 88.1 Å². The molecule has 12 heteroatoms. The summed E-state index contributed by atoms with van der Waals surface area (Å²) in [7, 11) is 0. The van der Waals surface area contributed by atoms with Gasteiger partial charge in [0.15, 0.2) is 0 Å². The van der Waals surface area contributed by atoms with E-state index >= 15 is 0 Å². The highest BCUT2D eigenvalue weighted by molar-refractivity contribution is 6.10. The first-order valence-electron chi connectivity index (χ1n) is 15.8. The lowest BCUT2D eigenvalue weighted by Gasteiger charge is -2.23. The van der Waals surface area contributed by atoms with E-state index in [0.717, 1.165) is 0 Å². The zero-order valence-electron chi connectivity index (χ0n) is 26.3. The number of pyridine rings is 6. The van der Waals surface area contributed by atoms with Crippen LogP contribution in [0.5, 0.6) is 0 Å². The van der Waals surface area contributed by atoms with Gasteiger partial charge in [0.05, 0.1) is 67.9 Å². The van der Waals surface area contributed by atoms with Crippen LogP contribution in [0.3, 0.4) is 0 Å². The summed E-state index contributed by atoms with van der Waals surface area (Å²) in [4.78, 5) is 32.2. The fraction of sp³-hybridized carbons (Fsp3) is 0. The topological polar surface area (TPSA) is 144 Å². The first-order chi connectivity index (χ1) is 25.2. The smallest absolute Gasteiger partial charge is 0.236 e. The third-order valence-corrected chi connectivity index (χ3v) is 9.24. The minimum Gasteiger partial charge on any atom is -0.315 e. The Balaban J connectivity index is 1.53. The molecule has 0 atom stereocenters. The number of benzene rings is 1. The summed E-state index contributed by atoms with van der Waals surface area (Å²) in [5.74, 6) is 0. The summed E-state index contributed by atoms with van der Waals surface area (Å²) in [6.07, 6.45) is 10.1. The van der Waals surface area contributed by atoms with E-state index in [0.29, 0.717) is 66.2 Å². The second kappa shape index (κ2) is 10.5. The van der Waals surface area contributed by atoms with E-state index in [-0.39, 0.29) is 33.9 Å². The van der Waals surface area contributed by atoms with Gasteiger partial charge >= 0.3 is 0 Å². The van der Waals surface area contributed by atoms with Crippen LogP contribution in [0.1, 0.15) is 11.1 Å². The van der Waals surface area contributed by atoms with Gasteiger partial charge in [-0.05, 0) is 72.8 Å². The molecule has 12 nitrogen and oxygen atoms in total. The Hall–Kier alpha value is -8.01. The molecule has 0 aliphatic rings. The Morgan fingerprint density at radius 1 is 0.431 bits per heavy atom. The van der Waals surface area contributed by atoms with Crippen LogP contribution in [0.4, 0.5) is 5.69 Å². The maximum Gasteiger partial charge on any atom is 0.236 e. The molecule has 1 aromatic carbocycles. The van der Waals surface area contributed by atoms with Gasteiger partial charge in [0.2, 0.25) is 5.69 Å². The SMILES string of the molecule is [C-]#[N+]c1c(-n2c3cccnc3c3ncccc32)c(C#N)c(-n2c3cccnc3c3ncccc32)c(C#N)c1-n1c2cccnc2c2ncccc21. The van der Waals surface area contributed by atoms with Crippen LogP contribution in [0, 0.1) is 29.2 Å². The molecule has 51 heavy (non-hydrogen) atoms. The van der Waals surface area contributed by atoms with E-state index in [1.54, 1.807) is 73.6 Å². The third kappa shape index (κ3) is 3.63. The summed E-state index contributed by atoms with van der Waals surface area (Å²) in [5.41, 5.74) is 8.64. The average molecular weight is 655 g/mol. The van der Waals surface area contributed by atoms with Crippen molar-refractivity contribution in [3.05, 3.63) is 133 Å². The van der Waals surface area contributed by atoms with Gasteiger partial charge in [-0.1, -0.05) is 0 Å². The number of aromatic nitrogens is 9. The second-order valence-corrected chi connectivity index (χ2v) is 11.7. The number of nitrogens with zero attached hydrogens (tertiary/aromatic N) is 12. The van der Waals surface area contributed by atoms with Crippen LogP contribution in [0.15, 0.2) is 110 Å². The molecule has 0 spiro atoms. The normalized spacial score (nSPS) is 11.5. The molecule has 0 saturated heterocycles. The van der Waals surface area contributed by atoms with Crippen molar-refractivity contribution >= 4 is 71.9 Å². The summed E-state index contributed by atoms with van der Waals surface area (Å²) >= 11 is 0. The quantitative estimate of drug-likeness (QED) is 0.177. The summed E-state index contributed by atoms with van der Waals surface area (Å²) in [6.45, 7) is 8.80. The molecular formula is C39H18N12. The van der Waals surface area contributed by atoms with Crippen LogP contribution in [-0.4, -0.2) is 43.6 Å². The van der Waals surface area contributed by atoms with Gasteiger partial charge in [0.1, 0.15) is 45.2 Å². The Bertz CT molecular complexity index is 2730. The molecule has 0 amide bonds. The molecule has 10 rings (SSSR count). The highest BCUT2D eigenvalue weighted by Gasteiger charge is 2.33. The van der Waals surface area contributed by atoms with Gasteiger partial charge in [-0.2, -0.15) is 10.5 Å². The molecule has 0 saturated carbocycles. The number of rotatable bonds is 3. The number of nitriles is 2. The number of hydrogen-bond donors (Lipinski definition) is 0. The van der Waals surface area contributed by atoms with Crippen molar-refractivity contribution < 1.29 is 0 Å². The molecule has 0 fully saturated rings. The van der Waals surface area contributed by atoms with Gasteiger partial charge in [-0.3, -0.25) is 29.9 Å². The lowest BCUT2D eigenvalue weighted by Crippen LogP contribution is -2.12. The Morgan fingerprint density at radius 2 is 0.686 bits per heavy atom. The van der Waals surface area contributed by atoms with Crippen molar-refractivity contribution in [2.75, 3.05) is 0 Å². The van der Waals surface area contributed by atoms with E-state index in [2.05, 4.69) is 46.9 Å². The average Bonchev–Trinajstić information content (AvgIpc) is 3.82. The van der Waals surface area contributed by atoms with Gasteiger partial charge in [-0.25, -0.2) is 4.85 Å². The third-order valence-electron chi connectivity index (χ3n) is 9.24. The summed E-state index contributed by atoms with van der Waals surface area (Å²) in [5, 5.41) is 22.6. The molecule has 9 heterocycles. The second-order valence-electron chi connectivity index (χ2n) is 11.7. The highest BCUT2D eigenvalue weighted by Crippen LogP contribution is 2.47. The molecule has 0 radical (unpaired) electrons. The molecule has 0 bridgehead atoms. The van der Waals surface area contributed by atoms with Crippen molar-refractivity contribution in [3.8, 4) is 29.2 Å². The fourth-order valence-electron chi connectivity index (χ4n) is 7.35. The van der Waals surface area contributed by atoms with Crippen molar-refractivity contribution in [1.29, 1.82) is 10.5 Å². The van der Waals surface area contributed by atoms with Crippen LogP contribution >= 0.6 is 0 Å². The summed E-state index contributed by atoms with van der Waals surface area (Å²) in [6, 6.07) is 27.1. The Morgan fingerprint density at radius 3 is 0.922 bits per heavy atom. The van der Waals surface area contributed by atoms with E-state index in [9.17, 15) is 10.5 Å². The van der Waals surface area contributed by atoms with Gasteiger partial charge < -0.3 is 13.7 Å². The number of fused-ring (bicyclic) bond motifs is 9. The van der Waals surface area contributed by atoms with Crippen LogP contribution in [-0.2, 0) is 0 Å². The summed E-state index contributed by atoms with van der Waals surface area (Å²) < 4.78 is 5.58. The zero-order valence-corrected chi connectivity index (χ0v) is 26.3. The van der Waals surface area contributed by atoms with E-state index in [1.165, 1.54) is 0 Å². The fourth-order valence-corrected chi connectivity index (χ4v) is 7.35. The predicted octanol–water partition coefficient (Wildman–Crippen LogP) is 7.64. The minimum atomic E-state index is 0.0851. The first kappa shape index (κ1) is 28.0.